The molecule has 1 aromatic rings. The minimum Gasteiger partial charge on any atom is -0.391 e. The quantitative estimate of drug-likeness (QED) is 0.598. The summed E-state index contributed by atoms with van der Waals surface area (Å²) in [5, 5.41) is 20.0. The molecular formula is C13H20N2O3. The standard InChI is InChI=1S/C13H20N2O3/c1-3-5-8-14(4-2)12-6-7-13(15(17)18)11(9-12)10-16/h6-7,9,16H,3-5,8,10H2,1-2H3. The Morgan fingerprint density at radius 1 is 1.39 bits per heavy atom. The summed E-state index contributed by atoms with van der Waals surface area (Å²) in [5.41, 5.74) is 1.28. The molecule has 5 heteroatoms. The second kappa shape index (κ2) is 6.96. The molecule has 0 aliphatic carbocycles. The van der Waals surface area contributed by atoms with E-state index in [-0.39, 0.29) is 12.3 Å². The Morgan fingerprint density at radius 2 is 2.11 bits per heavy atom. The number of nitrogens with zero attached hydrogens (tertiary/aromatic N) is 2. The van der Waals surface area contributed by atoms with Crippen LogP contribution in [0.5, 0.6) is 0 Å². The summed E-state index contributed by atoms with van der Waals surface area (Å²) in [6.07, 6.45) is 2.19. The molecule has 0 aliphatic heterocycles. The minimum absolute atomic E-state index is 0.0206. The van der Waals surface area contributed by atoms with Gasteiger partial charge in [-0.05, 0) is 25.5 Å². The van der Waals surface area contributed by atoms with Crippen molar-refractivity contribution in [3.8, 4) is 0 Å². The molecule has 0 unspecified atom stereocenters. The van der Waals surface area contributed by atoms with Crippen molar-refractivity contribution < 1.29 is 10.0 Å². The highest BCUT2D eigenvalue weighted by Crippen LogP contribution is 2.25. The van der Waals surface area contributed by atoms with Crippen LogP contribution < -0.4 is 4.90 Å². The van der Waals surface area contributed by atoms with Crippen LogP contribution in [0.15, 0.2) is 18.2 Å². The van der Waals surface area contributed by atoms with Crippen LogP contribution in [0, 0.1) is 10.1 Å². The Morgan fingerprint density at radius 3 is 2.61 bits per heavy atom. The van der Waals surface area contributed by atoms with Crippen molar-refractivity contribution >= 4 is 11.4 Å². The van der Waals surface area contributed by atoms with Crippen LogP contribution in [0.4, 0.5) is 11.4 Å². The molecule has 0 aliphatic rings. The van der Waals surface area contributed by atoms with Crippen LogP contribution in [0.1, 0.15) is 32.3 Å². The van der Waals surface area contributed by atoms with Crippen molar-refractivity contribution in [1.29, 1.82) is 0 Å². The van der Waals surface area contributed by atoms with Gasteiger partial charge in [-0.25, -0.2) is 0 Å². The number of aliphatic hydroxyl groups is 1. The first-order valence-corrected chi connectivity index (χ1v) is 6.27. The molecule has 1 aromatic carbocycles. The summed E-state index contributed by atoms with van der Waals surface area (Å²) >= 11 is 0. The van der Waals surface area contributed by atoms with Crippen LogP contribution in [-0.4, -0.2) is 23.1 Å². The summed E-state index contributed by atoms with van der Waals surface area (Å²) in [7, 11) is 0. The molecule has 0 saturated carbocycles. The smallest absolute Gasteiger partial charge is 0.275 e. The number of rotatable bonds is 7. The fourth-order valence-electron chi connectivity index (χ4n) is 1.89. The molecule has 0 saturated heterocycles. The van der Waals surface area contributed by atoms with Crippen molar-refractivity contribution in [2.45, 2.75) is 33.3 Å². The van der Waals surface area contributed by atoms with Crippen LogP contribution in [0.2, 0.25) is 0 Å². The molecule has 1 N–H and O–H groups in total. The topological polar surface area (TPSA) is 66.6 Å². The average molecular weight is 252 g/mol. The Kier molecular flexibility index (Phi) is 5.58. The van der Waals surface area contributed by atoms with E-state index in [0.29, 0.717) is 5.56 Å². The lowest BCUT2D eigenvalue weighted by molar-refractivity contribution is -0.385. The third-order valence-electron chi connectivity index (χ3n) is 2.96. The zero-order valence-electron chi connectivity index (χ0n) is 10.9. The van der Waals surface area contributed by atoms with Crippen molar-refractivity contribution in [1.82, 2.24) is 0 Å². The Labute approximate surface area is 107 Å². The molecule has 0 spiro atoms. The lowest BCUT2D eigenvalue weighted by Gasteiger charge is -2.23. The van der Waals surface area contributed by atoms with Crippen molar-refractivity contribution in [3.05, 3.63) is 33.9 Å². The van der Waals surface area contributed by atoms with E-state index in [1.54, 1.807) is 12.1 Å². The maximum absolute atomic E-state index is 10.8. The van der Waals surface area contributed by atoms with Gasteiger partial charge >= 0.3 is 0 Å². The van der Waals surface area contributed by atoms with E-state index in [0.717, 1.165) is 31.6 Å². The molecule has 0 atom stereocenters. The monoisotopic (exact) mass is 252 g/mol. The zero-order valence-corrected chi connectivity index (χ0v) is 10.9. The largest absolute Gasteiger partial charge is 0.391 e. The van der Waals surface area contributed by atoms with Crippen molar-refractivity contribution in [3.63, 3.8) is 0 Å². The highest BCUT2D eigenvalue weighted by atomic mass is 16.6. The van der Waals surface area contributed by atoms with Gasteiger partial charge in [-0.2, -0.15) is 0 Å². The summed E-state index contributed by atoms with van der Waals surface area (Å²) in [5.74, 6) is 0. The maximum atomic E-state index is 10.8. The van der Waals surface area contributed by atoms with Gasteiger partial charge in [0, 0.05) is 24.8 Å². The minimum atomic E-state index is -0.461. The second-order valence-electron chi connectivity index (χ2n) is 4.16. The molecule has 0 aromatic heterocycles. The van der Waals surface area contributed by atoms with E-state index in [2.05, 4.69) is 18.7 Å². The van der Waals surface area contributed by atoms with E-state index in [9.17, 15) is 15.2 Å². The molecule has 18 heavy (non-hydrogen) atoms. The number of hydrogen-bond donors (Lipinski definition) is 1. The molecule has 0 amide bonds. The third-order valence-corrected chi connectivity index (χ3v) is 2.96. The molecule has 5 nitrogen and oxygen atoms in total. The van der Waals surface area contributed by atoms with Crippen LogP contribution in [0.3, 0.4) is 0 Å². The normalized spacial score (nSPS) is 10.4. The Balaban J connectivity index is 2.99. The highest BCUT2D eigenvalue weighted by Gasteiger charge is 2.15. The third kappa shape index (κ3) is 3.43. The number of benzene rings is 1. The predicted molar refractivity (Wildman–Crippen MR) is 71.8 cm³/mol. The molecule has 0 heterocycles. The van der Waals surface area contributed by atoms with Crippen molar-refractivity contribution in [2.24, 2.45) is 0 Å². The van der Waals surface area contributed by atoms with E-state index >= 15 is 0 Å². The van der Waals surface area contributed by atoms with Gasteiger partial charge in [-0.1, -0.05) is 13.3 Å². The molecule has 0 fully saturated rings. The number of hydrogen-bond acceptors (Lipinski definition) is 4. The SMILES string of the molecule is CCCCN(CC)c1ccc([N+](=O)[O-])c(CO)c1. The Hall–Kier alpha value is -1.62. The molecule has 0 radical (unpaired) electrons. The molecule has 1 rings (SSSR count). The van der Waals surface area contributed by atoms with Gasteiger partial charge in [0.25, 0.3) is 5.69 Å². The van der Waals surface area contributed by atoms with Gasteiger partial charge in [0.1, 0.15) is 0 Å². The van der Waals surface area contributed by atoms with Crippen LogP contribution in [-0.2, 0) is 6.61 Å². The highest BCUT2D eigenvalue weighted by molar-refractivity contribution is 5.55. The summed E-state index contributed by atoms with van der Waals surface area (Å²) < 4.78 is 0. The fraction of sp³-hybridized carbons (Fsp3) is 0.538. The number of unbranched alkanes of at least 4 members (excludes halogenated alkanes) is 1. The van der Waals surface area contributed by atoms with Gasteiger partial charge in [0.15, 0.2) is 0 Å². The van der Waals surface area contributed by atoms with E-state index in [4.69, 9.17) is 0 Å². The Bertz CT molecular complexity index is 407. The van der Waals surface area contributed by atoms with Gasteiger partial charge in [0.2, 0.25) is 0 Å². The lowest BCUT2D eigenvalue weighted by Crippen LogP contribution is -2.23. The van der Waals surface area contributed by atoms with Gasteiger partial charge in [0.05, 0.1) is 17.1 Å². The second-order valence-corrected chi connectivity index (χ2v) is 4.16. The number of nitro groups is 1. The van der Waals surface area contributed by atoms with Gasteiger partial charge in [-0.3, -0.25) is 10.1 Å². The molecule has 0 bridgehead atoms. The lowest BCUT2D eigenvalue weighted by atomic mass is 10.1. The summed E-state index contributed by atoms with van der Waals surface area (Å²) in [4.78, 5) is 12.5. The number of anilines is 1. The first-order chi connectivity index (χ1) is 8.63. The molecule has 100 valence electrons. The number of nitro benzene ring substituents is 1. The van der Waals surface area contributed by atoms with E-state index < -0.39 is 4.92 Å². The van der Waals surface area contributed by atoms with Crippen LogP contribution in [0.25, 0.3) is 0 Å². The van der Waals surface area contributed by atoms with Gasteiger partial charge < -0.3 is 10.0 Å². The molecular weight excluding hydrogens is 232 g/mol. The first kappa shape index (κ1) is 14.4. The first-order valence-electron chi connectivity index (χ1n) is 6.27. The van der Waals surface area contributed by atoms with Crippen LogP contribution >= 0.6 is 0 Å². The van der Waals surface area contributed by atoms with Gasteiger partial charge in [-0.15, -0.1) is 0 Å². The summed E-state index contributed by atoms with van der Waals surface area (Å²) in [6, 6.07) is 4.92. The van der Waals surface area contributed by atoms with E-state index in [1.165, 1.54) is 6.07 Å². The maximum Gasteiger partial charge on any atom is 0.275 e. The van der Waals surface area contributed by atoms with Crippen molar-refractivity contribution in [2.75, 3.05) is 18.0 Å². The average Bonchev–Trinajstić information content (AvgIpc) is 2.39. The zero-order chi connectivity index (χ0) is 13.5. The predicted octanol–water partition coefficient (Wildman–Crippen LogP) is 2.71. The number of aliphatic hydroxyl groups excluding tert-OH is 1. The summed E-state index contributed by atoms with van der Waals surface area (Å²) in [6.45, 7) is 5.65. The van der Waals surface area contributed by atoms with E-state index in [1.807, 2.05) is 0 Å². The fourth-order valence-corrected chi connectivity index (χ4v) is 1.89.